The molecule has 21 heavy (non-hydrogen) atoms. The third-order valence-electron chi connectivity index (χ3n) is 3.96. The number of para-hydroxylation sites is 2. The van der Waals surface area contributed by atoms with Gasteiger partial charge in [-0.05, 0) is 54.7 Å². The normalized spacial score (nSPS) is 13.3. The summed E-state index contributed by atoms with van der Waals surface area (Å²) in [5.41, 5.74) is 11.6. The molecule has 1 aliphatic rings. The number of benzene rings is 2. The Morgan fingerprint density at radius 2 is 1.67 bits per heavy atom. The first kappa shape index (κ1) is 12.1. The molecule has 1 heterocycles. The number of hydrogen-bond donors (Lipinski definition) is 2. The zero-order chi connectivity index (χ0) is 14.2. The van der Waals surface area contributed by atoms with E-state index in [0.717, 1.165) is 23.1 Å². The number of aromatic nitrogens is 2. The second-order valence-electron chi connectivity index (χ2n) is 5.41. The molecule has 0 amide bonds. The molecule has 4 rings (SSSR count). The van der Waals surface area contributed by atoms with E-state index in [0.29, 0.717) is 11.6 Å². The van der Waals surface area contributed by atoms with E-state index in [1.807, 2.05) is 24.3 Å². The predicted octanol–water partition coefficient (Wildman–Crippen LogP) is 3.44. The lowest BCUT2D eigenvalue weighted by Crippen LogP contribution is -2.02. The van der Waals surface area contributed by atoms with Gasteiger partial charge in [-0.3, -0.25) is 0 Å². The van der Waals surface area contributed by atoms with Crippen molar-refractivity contribution < 1.29 is 0 Å². The van der Waals surface area contributed by atoms with Crippen molar-refractivity contribution in [2.75, 3.05) is 11.1 Å². The van der Waals surface area contributed by atoms with Crippen LogP contribution in [0.5, 0.6) is 0 Å². The molecule has 0 radical (unpaired) electrons. The topological polar surface area (TPSA) is 63.8 Å². The third kappa shape index (κ3) is 2.18. The molecule has 0 aliphatic heterocycles. The van der Waals surface area contributed by atoms with Crippen molar-refractivity contribution in [1.29, 1.82) is 0 Å². The van der Waals surface area contributed by atoms with Gasteiger partial charge in [0.1, 0.15) is 0 Å². The van der Waals surface area contributed by atoms with Crippen molar-refractivity contribution in [2.24, 2.45) is 0 Å². The summed E-state index contributed by atoms with van der Waals surface area (Å²) in [6.45, 7) is 0. The van der Waals surface area contributed by atoms with Gasteiger partial charge in [0, 0.05) is 5.69 Å². The number of rotatable bonds is 2. The molecule has 1 aromatic heterocycles. The molecule has 1 aliphatic carbocycles. The highest BCUT2D eigenvalue weighted by Crippen LogP contribution is 2.28. The molecule has 0 spiro atoms. The van der Waals surface area contributed by atoms with Crippen LogP contribution in [-0.4, -0.2) is 9.97 Å². The zero-order valence-corrected chi connectivity index (χ0v) is 11.6. The molecule has 0 unspecified atom stereocenters. The van der Waals surface area contributed by atoms with Gasteiger partial charge in [0.05, 0.1) is 11.0 Å². The van der Waals surface area contributed by atoms with Crippen LogP contribution in [-0.2, 0) is 12.8 Å². The van der Waals surface area contributed by atoms with E-state index < -0.39 is 0 Å². The summed E-state index contributed by atoms with van der Waals surface area (Å²) < 4.78 is 0. The van der Waals surface area contributed by atoms with Crippen molar-refractivity contribution in [1.82, 2.24) is 9.97 Å². The average Bonchev–Trinajstić information content (AvgIpc) is 2.95. The van der Waals surface area contributed by atoms with Crippen molar-refractivity contribution in [2.45, 2.75) is 19.3 Å². The van der Waals surface area contributed by atoms with Crippen LogP contribution in [0.4, 0.5) is 17.3 Å². The number of nitrogen functional groups attached to an aromatic ring is 1. The first-order valence-electron chi connectivity index (χ1n) is 7.21. The molecule has 104 valence electrons. The lowest BCUT2D eigenvalue weighted by atomic mass is 10.1. The fourth-order valence-electron chi connectivity index (χ4n) is 2.89. The van der Waals surface area contributed by atoms with Crippen LogP contribution >= 0.6 is 0 Å². The average molecular weight is 276 g/mol. The molecule has 0 saturated heterocycles. The van der Waals surface area contributed by atoms with Gasteiger partial charge in [-0.2, -0.15) is 0 Å². The fourth-order valence-corrected chi connectivity index (χ4v) is 2.89. The Hall–Kier alpha value is -2.62. The van der Waals surface area contributed by atoms with Crippen molar-refractivity contribution in [3.8, 4) is 0 Å². The van der Waals surface area contributed by atoms with E-state index in [1.54, 1.807) is 0 Å². The molecule has 0 bridgehead atoms. The van der Waals surface area contributed by atoms with Crippen LogP contribution in [0, 0.1) is 0 Å². The maximum atomic E-state index is 6.01. The smallest absolute Gasteiger partial charge is 0.174 e. The third-order valence-corrected chi connectivity index (χ3v) is 3.96. The van der Waals surface area contributed by atoms with Crippen LogP contribution in [0.3, 0.4) is 0 Å². The van der Waals surface area contributed by atoms with Gasteiger partial charge in [0.25, 0.3) is 0 Å². The summed E-state index contributed by atoms with van der Waals surface area (Å²) in [6, 6.07) is 14.2. The molecule has 0 atom stereocenters. The summed E-state index contributed by atoms with van der Waals surface area (Å²) in [5, 5.41) is 3.30. The maximum absolute atomic E-state index is 6.01. The number of aryl methyl sites for hydroxylation is 2. The Morgan fingerprint density at radius 3 is 2.52 bits per heavy atom. The lowest BCUT2D eigenvalue weighted by Gasteiger charge is -2.10. The van der Waals surface area contributed by atoms with Crippen molar-refractivity contribution in [3.05, 3.63) is 53.6 Å². The molecule has 2 aromatic carbocycles. The minimum absolute atomic E-state index is 0.425. The highest BCUT2D eigenvalue weighted by molar-refractivity contribution is 5.81. The minimum atomic E-state index is 0.425. The van der Waals surface area contributed by atoms with Crippen LogP contribution in [0.15, 0.2) is 42.5 Å². The van der Waals surface area contributed by atoms with Gasteiger partial charge in [0.2, 0.25) is 0 Å². The molecule has 4 heteroatoms. The molecular formula is C17H16N4. The van der Waals surface area contributed by atoms with E-state index in [1.165, 1.54) is 24.0 Å². The van der Waals surface area contributed by atoms with Gasteiger partial charge in [-0.25, -0.2) is 9.97 Å². The van der Waals surface area contributed by atoms with Gasteiger partial charge in [0.15, 0.2) is 11.6 Å². The molecule has 0 fully saturated rings. The summed E-state index contributed by atoms with van der Waals surface area (Å²) in [4.78, 5) is 8.96. The van der Waals surface area contributed by atoms with E-state index in [4.69, 9.17) is 5.73 Å². The first-order valence-corrected chi connectivity index (χ1v) is 7.21. The molecule has 3 aromatic rings. The number of nitrogens with zero attached hydrogens (tertiary/aromatic N) is 2. The van der Waals surface area contributed by atoms with E-state index >= 15 is 0 Å². The first-order chi connectivity index (χ1) is 10.3. The Morgan fingerprint density at radius 1 is 0.905 bits per heavy atom. The summed E-state index contributed by atoms with van der Waals surface area (Å²) in [5.74, 6) is 1.04. The lowest BCUT2D eigenvalue weighted by molar-refractivity contribution is 0.912. The largest absolute Gasteiger partial charge is 0.381 e. The Labute approximate surface area is 123 Å². The second-order valence-corrected chi connectivity index (χ2v) is 5.41. The van der Waals surface area contributed by atoms with Gasteiger partial charge in [-0.1, -0.05) is 18.2 Å². The number of nitrogens with two attached hydrogens (primary N) is 1. The quantitative estimate of drug-likeness (QED) is 0.752. The molecular weight excluding hydrogens is 260 g/mol. The van der Waals surface area contributed by atoms with E-state index in [2.05, 4.69) is 33.5 Å². The number of anilines is 3. The van der Waals surface area contributed by atoms with Crippen molar-refractivity contribution >= 4 is 28.4 Å². The second kappa shape index (κ2) is 4.74. The highest BCUT2D eigenvalue weighted by Gasteiger charge is 2.12. The van der Waals surface area contributed by atoms with Crippen LogP contribution in [0.2, 0.25) is 0 Å². The van der Waals surface area contributed by atoms with Gasteiger partial charge in [-0.15, -0.1) is 0 Å². The van der Waals surface area contributed by atoms with E-state index in [-0.39, 0.29) is 0 Å². The Balaban J connectivity index is 1.72. The van der Waals surface area contributed by atoms with Gasteiger partial charge >= 0.3 is 0 Å². The van der Waals surface area contributed by atoms with Crippen LogP contribution < -0.4 is 11.1 Å². The molecule has 0 saturated carbocycles. The fraction of sp³-hybridized carbons (Fsp3) is 0.176. The summed E-state index contributed by atoms with van der Waals surface area (Å²) in [6.07, 6.45) is 3.59. The summed E-state index contributed by atoms with van der Waals surface area (Å²) in [7, 11) is 0. The SMILES string of the molecule is Nc1nc2ccccc2nc1Nc1ccc2c(c1)CCC2. The Bertz CT molecular complexity index is 826. The van der Waals surface area contributed by atoms with Crippen LogP contribution in [0.1, 0.15) is 17.5 Å². The standard InChI is InChI=1S/C17H16N4/c18-16-17(21-15-7-2-1-6-14(15)20-16)19-13-9-8-11-4-3-5-12(11)10-13/h1-2,6-10H,3-5H2,(H2,18,20)(H,19,21). The summed E-state index contributed by atoms with van der Waals surface area (Å²) >= 11 is 0. The molecule has 3 N–H and O–H groups in total. The Kier molecular flexibility index (Phi) is 2.74. The van der Waals surface area contributed by atoms with Crippen LogP contribution in [0.25, 0.3) is 11.0 Å². The molecule has 4 nitrogen and oxygen atoms in total. The van der Waals surface area contributed by atoms with Crippen molar-refractivity contribution in [3.63, 3.8) is 0 Å². The maximum Gasteiger partial charge on any atom is 0.174 e. The number of nitrogens with one attached hydrogen (secondary N) is 1. The highest BCUT2D eigenvalue weighted by atomic mass is 15.1. The zero-order valence-electron chi connectivity index (χ0n) is 11.6. The van der Waals surface area contributed by atoms with E-state index in [9.17, 15) is 0 Å². The monoisotopic (exact) mass is 276 g/mol. The minimum Gasteiger partial charge on any atom is -0.381 e. The number of hydrogen-bond acceptors (Lipinski definition) is 4. The predicted molar refractivity (Wildman–Crippen MR) is 85.7 cm³/mol. The number of fused-ring (bicyclic) bond motifs is 2. The van der Waals surface area contributed by atoms with Gasteiger partial charge < -0.3 is 11.1 Å².